The summed E-state index contributed by atoms with van der Waals surface area (Å²) in [4.78, 5) is 9.91. The summed E-state index contributed by atoms with van der Waals surface area (Å²) in [5.74, 6) is 0. The van der Waals surface area contributed by atoms with Gasteiger partial charge in [0, 0.05) is 0 Å². The molecule has 0 bridgehead atoms. The van der Waals surface area contributed by atoms with Crippen molar-refractivity contribution in [1.29, 1.82) is 0 Å². The summed E-state index contributed by atoms with van der Waals surface area (Å²) in [5.41, 5.74) is 0.485. The standard InChI is InChI=1S/C6H6.C4H6OS/c1-2-4-6-5-3-1;1-3(2)4(5)6/h1-6H;1H2,2H3,(H,5,6). The summed E-state index contributed by atoms with van der Waals surface area (Å²) in [6.45, 7) is 4.95. The van der Waals surface area contributed by atoms with E-state index in [1.807, 2.05) is 36.4 Å². The van der Waals surface area contributed by atoms with E-state index in [0.29, 0.717) is 5.57 Å². The van der Waals surface area contributed by atoms with Gasteiger partial charge < -0.3 is 0 Å². The second kappa shape index (κ2) is 6.68. The van der Waals surface area contributed by atoms with Gasteiger partial charge in [0.25, 0.3) is 0 Å². The fraction of sp³-hybridized carbons (Fsp3) is 0.100. The molecule has 0 N–H and O–H groups in total. The predicted molar refractivity (Wildman–Crippen MR) is 55.2 cm³/mol. The lowest BCUT2D eigenvalue weighted by molar-refractivity contribution is -0.107. The largest absolute Gasteiger partial charge is 0.282 e. The summed E-state index contributed by atoms with van der Waals surface area (Å²) < 4.78 is 0. The highest BCUT2D eigenvalue weighted by molar-refractivity contribution is 7.97. The van der Waals surface area contributed by atoms with Crippen LogP contribution in [0.1, 0.15) is 6.92 Å². The average Bonchev–Trinajstić information content (AvgIpc) is 2.08. The van der Waals surface area contributed by atoms with Crippen LogP contribution in [0.5, 0.6) is 0 Å². The Morgan fingerprint density at radius 2 is 1.25 bits per heavy atom. The Balaban J connectivity index is 0.000000202. The van der Waals surface area contributed by atoms with Crippen molar-refractivity contribution < 1.29 is 4.79 Å². The van der Waals surface area contributed by atoms with E-state index in [-0.39, 0.29) is 5.12 Å². The lowest BCUT2D eigenvalue weighted by atomic mass is 10.4. The molecule has 12 heavy (non-hydrogen) atoms. The quantitative estimate of drug-likeness (QED) is 0.519. The third-order valence-electron chi connectivity index (χ3n) is 1.03. The highest BCUT2D eigenvalue weighted by Crippen LogP contribution is 1.90. The van der Waals surface area contributed by atoms with Crippen LogP contribution in [0.3, 0.4) is 0 Å². The van der Waals surface area contributed by atoms with Crippen LogP contribution < -0.4 is 0 Å². The molecule has 64 valence electrons. The summed E-state index contributed by atoms with van der Waals surface area (Å²) >= 11 is 3.45. The Labute approximate surface area is 78.5 Å². The predicted octanol–water partition coefficient (Wildman–Crippen LogP) is 2.71. The molecule has 1 aromatic carbocycles. The minimum absolute atomic E-state index is 0.241. The van der Waals surface area contributed by atoms with Crippen LogP contribution in [0.25, 0.3) is 0 Å². The van der Waals surface area contributed by atoms with Crippen LogP contribution in [-0.2, 0) is 4.79 Å². The third kappa shape index (κ3) is 7.09. The van der Waals surface area contributed by atoms with Gasteiger partial charge in [0.1, 0.15) is 0 Å². The van der Waals surface area contributed by atoms with Crippen molar-refractivity contribution >= 4 is 17.7 Å². The van der Waals surface area contributed by atoms with E-state index in [0.717, 1.165) is 0 Å². The van der Waals surface area contributed by atoms with Crippen LogP contribution in [-0.4, -0.2) is 5.12 Å². The fourth-order valence-corrected chi connectivity index (χ4v) is 0.385. The molecule has 0 radical (unpaired) electrons. The number of hydrogen-bond acceptors (Lipinski definition) is 1. The van der Waals surface area contributed by atoms with Gasteiger partial charge in [-0.1, -0.05) is 43.0 Å². The van der Waals surface area contributed by atoms with Crippen molar-refractivity contribution in [3.63, 3.8) is 0 Å². The molecule has 0 aliphatic rings. The summed E-state index contributed by atoms with van der Waals surface area (Å²) in [6.07, 6.45) is 0. The first-order valence-electron chi connectivity index (χ1n) is 3.53. The maximum Gasteiger partial charge on any atom is 0.211 e. The molecular weight excluding hydrogens is 168 g/mol. The zero-order chi connectivity index (χ0) is 9.40. The monoisotopic (exact) mass is 180 g/mol. The van der Waals surface area contributed by atoms with Gasteiger partial charge in [-0.05, 0) is 12.5 Å². The Morgan fingerprint density at radius 1 is 1.08 bits per heavy atom. The molecule has 0 fully saturated rings. The molecule has 0 aliphatic heterocycles. The van der Waals surface area contributed by atoms with Gasteiger partial charge in [-0.3, -0.25) is 4.79 Å². The van der Waals surface area contributed by atoms with E-state index in [4.69, 9.17) is 0 Å². The van der Waals surface area contributed by atoms with Crippen LogP contribution in [0.2, 0.25) is 0 Å². The number of thiol groups is 1. The Morgan fingerprint density at radius 3 is 1.33 bits per heavy atom. The van der Waals surface area contributed by atoms with Crippen molar-refractivity contribution in [1.82, 2.24) is 0 Å². The molecule has 0 saturated heterocycles. The van der Waals surface area contributed by atoms with Crippen LogP contribution >= 0.6 is 12.6 Å². The molecule has 1 aromatic rings. The van der Waals surface area contributed by atoms with Gasteiger partial charge in [-0.2, -0.15) is 0 Å². The highest BCUT2D eigenvalue weighted by Gasteiger charge is 1.87. The topological polar surface area (TPSA) is 17.1 Å². The van der Waals surface area contributed by atoms with Crippen molar-refractivity contribution in [3.8, 4) is 0 Å². The number of carbonyl (C=O) groups is 1. The van der Waals surface area contributed by atoms with Crippen molar-refractivity contribution in [2.75, 3.05) is 0 Å². The number of carbonyl (C=O) groups excluding carboxylic acids is 1. The molecule has 0 aromatic heterocycles. The first kappa shape index (κ1) is 11.0. The maximum atomic E-state index is 9.91. The molecule has 0 amide bonds. The Bertz CT molecular complexity index is 203. The Kier molecular flexibility index (Phi) is 6.11. The van der Waals surface area contributed by atoms with E-state index in [1.54, 1.807) is 6.92 Å². The van der Waals surface area contributed by atoms with Gasteiger partial charge in [-0.15, -0.1) is 12.6 Å². The third-order valence-corrected chi connectivity index (χ3v) is 1.41. The first-order chi connectivity index (χ1) is 5.64. The number of rotatable bonds is 1. The van der Waals surface area contributed by atoms with Gasteiger partial charge in [-0.25, -0.2) is 0 Å². The lowest BCUT2D eigenvalue weighted by Crippen LogP contribution is -1.81. The van der Waals surface area contributed by atoms with E-state index in [9.17, 15) is 4.79 Å². The van der Waals surface area contributed by atoms with Crippen LogP contribution in [0.15, 0.2) is 48.6 Å². The molecular formula is C10H12OS. The summed E-state index contributed by atoms with van der Waals surface area (Å²) in [6, 6.07) is 12.0. The van der Waals surface area contributed by atoms with Crippen molar-refractivity contribution in [3.05, 3.63) is 48.6 Å². The first-order valence-corrected chi connectivity index (χ1v) is 3.98. The normalized spacial score (nSPS) is 7.83. The van der Waals surface area contributed by atoms with E-state index >= 15 is 0 Å². The van der Waals surface area contributed by atoms with Crippen molar-refractivity contribution in [2.45, 2.75) is 6.92 Å². The summed E-state index contributed by atoms with van der Waals surface area (Å²) in [7, 11) is 0. The second-order valence-electron chi connectivity index (χ2n) is 2.24. The molecule has 1 nitrogen and oxygen atoms in total. The highest BCUT2D eigenvalue weighted by atomic mass is 32.1. The molecule has 0 unspecified atom stereocenters. The van der Waals surface area contributed by atoms with E-state index in [1.165, 1.54) is 0 Å². The summed E-state index contributed by atoms with van der Waals surface area (Å²) in [5, 5.41) is -0.241. The van der Waals surface area contributed by atoms with Crippen LogP contribution in [0.4, 0.5) is 0 Å². The molecule has 0 saturated carbocycles. The molecule has 1 rings (SSSR count). The maximum absolute atomic E-state index is 9.91. The van der Waals surface area contributed by atoms with E-state index < -0.39 is 0 Å². The minimum atomic E-state index is -0.241. The molecule has 0 spiro atoms. The molecule has 0 atom stereocenters. The van der Waals surface area contributed by atoms with Gasteiger partial charge >= 0.3 is 0 Å². The minimum Gasteiger partial charge on any atom is -0.282 e. The number of hydrogen-bond donors (Lipinski definition) is 1. The zero-order valence-corrected chi connectivity index (χ0v) is 7.92. The second-order valence-corrected chi connectivity index (χ2v) is 2.65. The van der Waals surface area contributed by atoms with Gasteiger partial charge in [0.05, 0.1) is 0 Å². The van der Waals surface area contributed by atoms with Crippen LogP contribution in [0, 0.1) is 0 Å². The van der Waals surface area contributed by atoms with Crippen molar-refractivity contribution in [2.24, 2.45) is 0 Å². The lowest BCUT2D eigenvalue weighted by Gasteiger charge is -1.79. The Hall–Kier alpha value is -1.02. The van der Waals surface area contributed by atoms with E-state index in [2.05, 4.69) is 19.2 Å². The molecule has 0 aliphatic carbocycles. The fourth-order valence-electron chi connectivity index (χ4n) is 0.385. The smallest absolute Gasteiger partial charge is 0.211 e. The van der Waals surface area contributed by atoms with Gasteiger partial charge in [0.2, 0.25) is 5.12 Å². The SMILES string of the molecule is C=C(C)C(=O)S.c1ccccc1. The molecule has 2 heteroatoms. The number of benzene rings is 1. The van der Waals surface area contributed by atoms with Gasteiger partial charge in [0.15, 0.2) is 0 Å². The average molecular weight is 180 g/mol. The zero-order valence-electron chi connectivity index (χ0n) is 7.03. The molecule has 0 heterocycles.